The maximum Gasteiger partial charge on any atom is 3.00 e. The molecule has 0 radical (unpaired) electrons. The van der Waals surface area contributed by atoms with Crippen LogP contribution in [0.15, 0.2) is 168 Å². The molecule has 0 fully saturated rings. The van der Waals surface area contributed by atoms with Gasteiger partial charge in [0.15, 0.2) is 0 Å². The molecule has 0 saturated carbocycles. The van der Waals surface area contributed by atoms with Gasteiger partial charge in [0.25, 0.3) is 0 Å². The molecule has 62 heavy (non-hydrogen) atoms. The fourth-order valence-electron chi connectivity index (χ4n) is 8.67. The van der Waals surface area contributed by atoms with Gasteiger partial charge in [0.1, 0.15) is 5.58 Å². The van der Waals surface area contributed by atoms with Crippen molar-refractivity contribution in [2.45, 2.75) is 46.1 Å². The van der Waals surface area contributed by atoms with Gasteiger partial charge in [-0.3, -0.25) is 0 Å². The number of hydrogen-bond donors (Lipinski definition) is 0. The van der Waals surface area contributed by atoms with Gasteiger partial charge in [-0.25, -0.2) is 0 Å². The third-order valence-electron chi connectivity index (χ3n) is 11.5. The van der Waals surface area contributed by atoms with Gasteiger partial charge in [-0.1, -0.05) is 153 Å². The zero-order valence-electron chi connectivity index (χ0n) is 35.4. The Morgan fingerprint density at radius 3 is 2.23 bits per heavy atom. The standard InChI is InChI=1S/C31H20N2O.C24H26NSSi.Ir/c1-2-9-21(10-3-1)22-17-19-23(20-18-22)33-28-15-6-5-14-27(28)32-31(33)26-13-8-12-25-24-11-4-7-16-29(24)34-30(25)26;1-16(2)12-18-14-21(25-15-24(18)27(3,4)5)17-10-11-23-20(13-17)19-8-6-7-9-22(19)26-23;/h1-12,14-20,31H;6-9,11,13-16H,12H2,1-5H3;/q-2;-1;+3. The summed E-state index contributed by atoms with van der Waals surface area (Å²) in [5.41, 5.74) is 11.8. The molecule has 10 aromatic rings. The second-order valence-electron chi connectivity index (χ2n) is 17.3. The maximum atomic E-state index is 6.34. The number of fused-ring (bicyclic) bond motifs is 7. The van der Waals surface area contributed by atoms with E-state index in [2.05, 4.69) is 178 Å². The molecule has 0 amide bonds. The quantitative estimate of drug-likeness (QED) is 0.118. The van der Waals surface area contributed by atoms with Gasteiger partial charge in [0.05, 0.1) is 8.07 Å². The summed E-state index contributed by atoms with van der Waals surface area (Å²) in [6, 6.07) is 62.0. The Labute approximate surface area is 382 Å². The second kappa shape index (κ2) is 17.1. The van der Waals surface area contributed by atoms with Crippen molar-refractivity contribution in [1.29, 1.82) is 0 Å². The molecule has 0 spiro atoms. The van der Waals surface area contributed by atoms with E-state index in [-0.39, 0.29) is 26.3 Å². The molecule has 7 aromatic carbocycles. The van der Waals surface area contributed by atoms with Crippen LogP contribution >= 0.6 is 11.3 Å². The first-order chi connectivity index (χ1) is 29.7. The smallest absolute Gasteiger partial charge is 0.661 e. The first-order valence-electron chi connectivity index (χ1n) is 21.1. The number of benzene rings is 7. The Hall–Kier alpha value is -5.82. The maximum absolute atomic E-state index is 6.34. The van der Waals surface area contributed by atoms with E-state index < -0.39 is 8.07 Å². The van der Waals surface area contributed by atoms with E-state index in [9.17, 15) is 0 Å². The van der Waals surface area contributed by atoms with Gasteiger partial charge >= 0.3 is 20.1 Å². The van der Waals surface area contributed by atoms with Crippen molar-refractivity contribution >= 4 is 83.8 Å². The van der Waals surface area contributed by atoms with E-state index in [0.717, 1.165) is 62.2 Å². The Balaban J connectivity index is 0.000000160. The van der Waals surface area contributed by atoms with Crippen LogP contribution in [0.1, 0.15) is 31.1 Å². The average molecular weight is 1020 g/mol. The zero-order valence-corrected chi connectivity index (χ0v) is 39.7. The summed E-state index contributed by atoms with van der Waals surface area (Å²) in [5.74, 6) is 0.641. The number of anilines is 2. The third kappa shape index (κ3) is 7.91. The summed E-state index contributed by atoms with van der Waals surface area (Å²) in [4.78, 5) is 7.14. The Morgan fingerprint density at radius 1 is 0.726 bits per heavy atom. The minimum atomic E-state index is -1.41. The molecule has 0 N–H and O–H groups in total. The van der Waals surface area contributed by atoms with E-state index in [1.54, 1.807) is 0 Å². The summed E-state index contributed by atoms with van der Waals surface area (Å²) in [6.45, 7) is 11.8. The van der Waals surface area contributed by atoms with E-state index in [4.69, 9.17) is 14.7 Å². The average Bonchev–Trinajstić information content (AvgIpc) is 3.98. The molecular formula is C55H46IrN3OSSi. The normalized spacial score (nSPS) is 13.6. The van der Waals surface area contributed by atoms with Crippen LogP contribution in [0.2, 0.25) is 19.6 Å². The molecule has 4 heterocycles. The molecule has 0 aliphatic carbocycles. The summed E-state index contributed by atoms with van der Waals surface area (Å²) < 4.78 is 8.96. The third-order valence-corrected chi connectivity index (χ3v) is 14.7. The van der Waals surface area contributed by atoms with Crippen molar-refractivity contribution in [2.75, 3.05) is 4.90 Å². The van der Waals surface area contributed by atoms with Crippen LogP contribution in [-0.4, -0.2) is 13.1 Å². The number of furan rings is 1. The fourth-order valence-corrected chi connectivity index (χ4v) is 11.3. The van der Waals surface area contributed by atoms with Crippen molar-refractivity contribution in [3.63, 3.8) is 0 Å². The van der Waals surface area contributed by atoms with Crippen LogP contribution in [-0.2, 0) is 26.5 Å². The molecule has 1 aliphatic rings. The van der Waals surface area contributed by atoms with Gasteiger partial charge in [-0.2, -0.15) is 29.5 Å². The van der Waals surface area contributed by atoms with E-state index in [0.29, 0.717) is 5.92 Å². The van der Waals surface area contributed by atoms with Crippen molar-refractivity contribution in [3.8, 4) is 22.4 Å². The van der Waals surface area contributed by atoms with E-state index in [1.807, 2.05) is 47.7 Å². The van der Waals surface area contributed by atoms with Crippen molar-refractivity contribution < 1.29 is 24.5 Å². The van der Waals surface area contributed by atoms with Gasteiger partial charge in [0.2, 0.25) is 0 Å². The number of nitrogens with zero attached hydrogens (tertiary/aromatic N) is 3. The van der Waals surface area contributed by atoms with Crippen LogP contribution in [0.4, 0.5) is 17.1 Å². The van der Waals surface area contributed by atoms with Gasteiger partial charge in [-0.05, 0) is 80.9 Å². The zero-order chi connectivity index (χ0) is 41.7. The Kier molecular flexibility index (Phi) is 11.5. The predicted octanol–water partition coefficient (Wildman–Crippen LogP) is 15.6. The molecule has 3 aromatic heterocycles. The summed E-state index contributed by atoms with van der Waals surface area (Å²) >= 11 is 1.84. The van der Waals surface area contributed by atoms with Gasteiger partial charge in [-0.15, -0.1) is 35.0 Å². The fraction of sp³-hybridized carbons (Fsp3) is 0.145. The number of pyridine rings is 1. The molecule has 1 unspecified atom stereocenters. The minimum absolute atomic E-state index is 0. The number of rotatable bonds is 7. The second-order valence-corrected chi connectivity index (χ2v) is 23.4. The number of hydrogen-bond acceptors (Lipinski definition) is 4. The number of aromatic nitrogens is 1. The molecule has 7 heteroatoms. The van der Waals surface area contributed by atoms with Gasteiger partial charge < -0.3 is 19.6 Å². The van der Waals surface area contributed by atoms with Crippen LogP contribution in [0, 0.1) is 18.1 Å². The van der Waals surface area contributed by atoms with Crippen LogP contribution in [0.3, 0.4) is 0 Å². The topological polar surface area (TPSA) is 43.4 Å². The molecule has 11 rings (SSSR count). The molecule has 4 nitrogen and oxygen atoms in total. The van der Waals surface area contributed by atoms with E-state index in [1.165, 1.54) is 42.0 Å². The number of para-hydroxylation sites is 3. The summed E-state index contributed by atoms with van der Waals surface area (Å²) in [5, 5.41) is 11.4. The first-order valence-corrected chi connectivity index (χ1v) is 25.4. The largest absolute Gasteiger partial charge is 3.00 e. The minimum Gasteiger partial charge on any atom is -0.661 e. The van der Waals surface area contributed by atoms with Crippen LogP contribution in [0.25, 0.3) is 69.8 Å². The molecule has 1 atom stereocenters. The first kappa shape index (κ1) is 41.5. The van der Waals surface area contributed by atoms with E-state index >= 15 is 0 Å². The summed E-state index contributed by atoms with van der Waals surface area (Å²) in [7, 11) is -1.41. The summed E-state index contributed by atoms with van der Waals surface area (Å²) in [6.07, 6.45) is 2.99. The molecule has 0 saturated heterocycles. The molecular weight excluding hydrogens is 971 g/mol. The SMILES string of the molecule is CC(C)Cc1cc(-c2[c-]cc3sc4ccccc4c3c2)ncc1[Si](C)(C)C.[Ir+3].[c-]1ccc2c(oc3ccccc32)c1C1[N-]c2ccccc2N1c1ccc(-c2ccccc2)cc1. The van der Waals surface area contributed by atoms with Crippen LogP contribution in [0.5, 0.6) is 0 Å². The monoisotopic (exact) mass is 1020 g/mol. The van der Waals surface area contributed by atoms with Crippen molar-refractivity contribution in [3.05, 3.63) is 192 Å². The van der Waals surface area contributed by atoms with Crippen molar-refractivity contribution in [2.24, 2.45) is 5.92 Å². The van der Waals surface area contributed by atoms with Gasteiger partial charge in [0, 0.05) is 33.2 Å². The van der Waals surface area contributed by atoms with Crippen LogP contribution < -0.4 is 10.1 Å². The molecule has 306 valence electrons. The van der Waals surface area contributed by atoms with Crippen molar-refractivity contribution in [1.82, 2.24) is 4.98 Å². The molecule has 1 aliphatic heterocycles. The number of thiophene rings is 1. The Morgan fingerprint density at radius 2 is 1.44 bits per heavy atom. The molecule has 0 bridgehead atoms. The Bertz CT molecular complexity index is 3190. The predicted molar refractivity (Wildman–Crippen MR) is 262 cm³/mol.